The van der Waals surface area contributed by atoms with Crippen LogP contribution in [0.2, 0.25) is 0 Å². The van der Waals surface area contributed by atoms with Crippen LogP contribution in [0.25, 0.3) is 16.6 Å². The Morgan fingerprint density at radius 1 is 1.16 bits per heavy atom. The van der Waals surface area contributed by atoms with Gasteiger partial charge in [-0.1, -0.05) is 25.1 Å². The van der Waals surface area contributed by atoms with E-state index in [9.17, 15) is 18.0 Å². The van der Waals surface area contributed by atoms with Gasteiger partial charge in [0.1, 0.15) is 23.0 Å². The minimum atomic E-state index is -0.854. The lowest BCUT2D eigenvalue weighted by Gasteiger charge is -2.11. The standard InChI is InChI=1S/C17H10F3N3O.C11H12O3/c18-12-3-2-10(8-15(12)23-7-1-5-22-23)24-17-13(19)9-14-11(16(17)20)4-6-21-14;1-7-6-14-11-8(5-10(12)13)3-2-4-9(7)11/h1-9,21H;2-4,7H,5-6H2,1H3,(H,12,13). The molecular weight excluding hydrogens is 499 g/mol. The van der Waals surface area contributed by atoms with Gasteiger partial charge in [0.2, 0.25) is 0 Å². The van der Waals surface area contributed by atoms with Crippen molar-refractivity contribution in [1.29, 1.82) is 0 Å². The third-order valence-corrected chi connectivity index (χ3v) is 6.07. The number of hydrogen-bond acceptors (Lipinski definition) is 4. The number of hydrogen-bond donors (Lipinski definition) is 2. The Morgan fingerprint density at radius 3 is 2.76 bits per heavy atom. The molecule has 10 heteroatoms. The van der Waals surface area contributed by atoms with Crippen LogP contribution in [0.15, 0.2) is 73.2 Å². The number of carbonyl (C=O) groups is 1. The highest BCUT2D eigenvalue weighted by atomic mass is 19.1. The van der Waals surface area contributed by atoms with E-state index in [0.717, 1.165) is 29.0 Å². The maximum Gasteiger partial charge on any atom is 0.307 e. The van der Waals surface area contributed by atoms with Crippen LogP contribution in [-0.4, -0.2) is 32.4 Å². The molecule has 1 unspecified atom stereocenters. The van der Waals surface area contributed by atoms with Gasteiger partial charge in [-0.3, -0.25) is 4.79 Å². The van der Waals surface area contributed by atoms with E-state index < -0.39 is 29.2 Å². The molecule has 2 aromatic heterocycles. The second kappa shape index (κ2) is 10.3. The predicted octanol–water partition coefficient (Wildman–Crippen LogP) is 6.37. The third-order valence-electron chi connectivity index (χ3n) is 6.07. The summed E-state index contributed by atoms with van der Waals surface area (Å²) in [4.78, 5) is 13.3. The van der Waals surface area contributed by atoms with Gasteiger partial charge in [-0.25, -0.2) is 17.9 Å². The number of para-hydroxylation sites is 1. The fourth-order valence-corrected chi connectivity index (χ4v) is 4.24. The number of H-pyrrole nitrogens is 1. The molecular formula is C28H22F3N3O4. The summed E-state index contributed by atoms with van der Waals surface area (Å²) in [6.45, 7) is 2.74. The Morgan fingerprint density at radius 2 is 2.00 bits per heavy atom. The molecule has 1 aliphatic heterocycles. The van der Waals surface area contributed by atoms with Gasteiger partial charge in [0.25, 0.3) is 0 Å². The van der Waals surface area contributed by atoms with E-state index in [-0.39, 0.29) is 23.2 Å². The minimum Gasteiger partial charge on any atom is -0.492 e. The van der Waals surface area contributed by atoms with Crippen molar-refractivity contribution in [3.8, 4) is 22.9 Å². The predicted molar refractivity (Wildman–Crippen MR) is 134 cm³/mol. The summed E-state index contributed by atoms with van der Waals surface area (Å²) >= 11 is 0. The van der Waals surface area contributed by atoms with Crippen molar-refractivity contribution in [2.24, 2.45) is 0 Å². The second-order valence-corrected chi connectivity index (χ2v) is 8.72. The number of aliphatic carboxylic acids is 1. The molecule has 38 heavy (non-hydrogen) atoms. The van der Waals surface area contributed by atoms with Crippen LogP contribution in [0.4, 0.5) is 13.2 Å². The highest BCUT2D eigenvalue weighted by Gasteiger charge is 2.23. The van der Waals surface area contributed by atoms with Crippen LogP contribution in [0.5, 0.6) is 17.2 Å². The molecule has 2 N–H and O–H groups in total. The summed E-state index contributed by atoms with van der Waals surface area (Å²) in [5.41, 5.74) is 2.35. The largest absolute Gasteiger partial charge is 0.492 e. The van der Waals surface area contributed by atoms with Crippen LogP contribution in [0.1, 0.15) is 24.0 Å². The molecule has 3 heterocycles. The lowest BCUT2D eigenvalue weighted by Crippen LogP contribution is -2.01. The highest BCUT2D eigenvalue weighted by Crippen LogP contribution is 2.36. The topological polar surface area (TPSA) is 89.4 Å². The van der Waals surface area contributed by atoms with Crippen molar-refractivity contribution < 1.29 is 32.5 Å². The molecule has 7 nitrogen and oxygen atoms in total. The molecule has 0 amide bonds. The van der Waals surface area contributed by atoms with Crippen molar-refractivity contribution in [2.45, 2.75) is 19.3 Å². The van der Waals surface area contributed by atoms with Crippen molar-refractivity contribution in [2.75, 3.05) is 6.61 Å². The number of nitrogens with zero attached hydrogens (tertiary/aromatic N) is 2. The van der Waals surface area contributed by atoms with Crippen molar-refractivity contribution in [3.05, 3.63) is 102 Å². The Labute approximate surface area is 215 Å². The van der Waals surface area contributed by atoms with Crippen molar-refractivity contribution >= 4 is 16.9 Å². The summed E-state index contributed by atoms with van der Waals surface area (Å²) in [5, 5.41) is 12.9. The first-order chi connectivity index (χ1) is 18.3. The first kappa shape index (κ1) is 24.9. The molecule has 1 atom stereocenters. The van der Waals surface area contributed by atoms with Crippen molar-refractivity contribution in [1.82, 2.24) is 14.8 Å². The lowest BCUT2D eigenvalue weighted by atomic mass is 10.00. The van der Waals surface area contributed by atoms with E-state index >= 15 is 0 Å². The van der Waals surface area contributed by atoms with Gasteiger partial charge in [0, 0.05) is 53.2 Å². The Hall–Kier alpha value is -4.73. The molecule has 0 bridgehead atoms. The van der Waals surface area contributed by atoms with Gasteiger partial charge in [-0.15, -0.1) is 0 Å². The van der Waals surface area contributed by atoms with Gasteiger partial charge >= 0.3 is 5.97 Å². The highest BCUT2D eigenvalue weighted by molar-refractivity contribution is 5.82. The number of aromatic nitrogens is 3. The Kier molecular flexibility index (Phi) is 6.78. The summed E-state index contributed by atoms with van der Waals surface area (Å²) in [6.07, 6.45) is 4.59. The number of aromatic amines is 1. The van der Waals surface area contributed by atoms with E-state index in [0.29, 0.717) is 18.0 Å². The normalized spacial score (nSPS) is 13.9. The average molecular weight is 521 g/mol. The number of fused-ring (bicyclic) bond motifs is 2. The molecule has 1 aliphatic rings. The maximum atomic E-state index is 14.4. The van der Waals surface area contributed by atoms with Crippen LogP contribution >= 0.6 is 0 Å². The van der Waals surface area contributed by atoms with Crippen LogP contribution in [-0.2, 0) is 11.2 Å². The zero-order valence-electron chi connectivity index (χ0n) is 20.1. The molecule has 5 aromatic rings. The number of carboxylic acid groups (broad SMARTS) is 1. The first-order valence-electron chi connectivity index (χ1n) is 11.7. The van der Waals surface area contributed by atoms with E-state index in [1.807, 2.05) is 18.2 Å². The fourth-order valence-electron chi connectivity index (χ4n) is 4.24. The molecule has 3 aromatic carbocycles. The van der Waals surface area contributed by atoms with E-state index in [4.69, 9.17) is 14.6 Å². The van der Waals surface area contributed by atoms with E-state index in [1.54, 1.807) is 12.3 Å². The summed E-state index contributed by atoms with van der Waals surface area (Å²) in [7, 11) is 0. The first-order valence-corrected chi connectivity index (χ1v) is 11.7. The van der Waals surface area contributed by atoms with Gasteiger partial charge in [-0.05, 0) is 24.3 Å². The lowest BCUT2D eigenvalue weighted by molar-refractivity contribution is -0.136. The maximum absolute atomic E-state index is 14.4. The fraction of sp³-hybridized carbons (Fsp3) is 0.143. The quantitative estimate of drug-likeness (QED) is 0.280. The second-order valence-electron chi connectivity index (χ2n) is 8.72. The Bertz CT molecular complexity index is 1620. The molecule has 194 valence electrons. The molecule has 0 fully saturated rings. The van der Waals surface area contributed by atoms with Gasteiger partial charge < -0.3 is 19.6 Å². The molecule has 0 aliphatic carbocycles. The molecule has 0 saturated heterocycles. The number of nitrogens with one attached hydrogen (secondary N) is 1. The number of halogens is 3. The molecule has 0 saturated carbocycles. The van der Waals surface area contributed by atoms with E-state index in [2.05, 4.69) is 17.0 Å². The van der Waals surface area contributed by atoms with Crippen LogP contribution in [0, 0.1) is 17.5 Å². The summed E-state index contributed by atoms with van der Waals surface area (Å²) in [6, 6.07) is 13.7. The van der Waals surface area contributed by atoms with Crippen molar-refractivity contribution in [3.63, 3.8) is 0 Å². The van der Waals surface area contributed by atoms with Gasteiger partial charge in [0.05, 0.1) is 18.5 Å². The smallest absolute Gasteiger partial charge is 0.307 e. The zero-order valence-corrected chi connectivity index (χ0v) is 20.1. The van der Waals surface area contributed by atoms with Gasteiger partial charge in [-0.2, -0.15) is 5.10 Å². The number of carboxylic acids is 1. The number of benzene rings is 3. The number of ether oxygens (including phenoxy) is 2. The average Bonchev–Trinajstić information content (AvgIpc) is 3.65. The van der Waals surface area contributed by atoms with Crippen LogP contribution in [0.3, 0.4) is 0 Å². The monoisotopic (exact) mass is 521 g/mol. The van der Waals surface area contributed by atoms with E-state index in [1.165, 1.54) is 35.3 Å². The molecule has 0 spiro atoms. The van der Waals surface area contributed by atoms with Crippen LogP contribution < -0.4 is 9.47 Å². The summed E-state index contributed by atoms with van der Waals surface area (Å²) in [5.74, 6) is -2.32. The number of rotatable bonds is 5. The minimum absolute atomic E-state index is 0.0376. The Balaban J connectivity index is 0.000000179. The zero-order chi connectivity index (χ0) is 26.8. The summed E-state index contributed by atoms with van der Waals surface area (Å²) < 4.78 is 54.6. The molecule has 0 radical (unpaired) electrons. The molecule has 6 rings (SSSR count). The van der Waals surface area contributed by atoms with Gasteiger partial charge in [0.15, 0.2) is 17.4 Å². The SMILES string of the molecule is CC1COc2c(CC(=O)O)cccc21.Fc1ccc(Oc2c(F)cc3[nH]ccc3c2F)cc1-n1cccn1. The third kappa shape index (κ3) is 4.93.